The van der Waals surface area contributed by atoms with E-state index in [1.54, 1.807) is 18.9 Å². The molecule has 0 radical (unpaired) electrons. The van der Waals surface area contributed by atoms with Crippen molar-refractivity contribution in [3.05, 3.63) is 34.0 Å². The van der Waals surface area contributed by atoms with E-state index in [4.69, 9.17) is 0 Å². The molecule has 4 rings (SSSR count). The fourth-order valence-corrected chi connectivity index (χ4v) is 4.98. The number of hydrogen-bond donors (Lipinski definition) is 0. The summed E-state index contributed by atoms with van der Waals surface area (Å²) in [6, 6.07) is 2.73. The predicted octanol–water partition coefficient (Wildman–Crippen LogP) is 2.48. The van der Waals surface area contributed by atoms with Gasteiger partial charge in [-0.2, -0.15) is 13.2 Å². The first-order valence-electron chi connectivity index (χ1n) is 8.80. The van der Waals surface area contributed by atoms with Gasteiger partial charge >= 0.3 is 6.18 Å². The summed E-state index contributed by atoms with van der Waals surface area (Å²) in [6.45, 7) is 1.71. The second-order valence-corrected chi connectivity index (χ2v) is 7.99. The van der Waals surface area contributed by atoms with Crippen LogP contribution in [-0.2, 0) is 22.3 Å². The van der Waals surface area contributed by atoms with E-state index >= 15 is 0 Å². The third-order valence-corrected chi connectivity index (χ3v) is 6.40. The van der Waals surface area contributed by atoms with Gasteiger partial charge in [0.05, 0.1) is 18.0 Å². The molecule has 0 N–H and O–H groups in total. The summed E-state index contributed by atoms with van der Waals surface area (Å²) in [5, 5.41) is 8.85. The molecule has 2 aliphatic heterocycles. The third-order valence-electron chi connectivity index (χ3n) is 5.46. The van der Waals surface area contributed by atoms with Crippen LogP contribution >= 0.6 is 11.3 Å². The number of hydrogen-bond acceptors (Lipinski definition) is 5. The lowest BCUT2D eigenvalue weighted by Gasteiger charge is -2.36. The van der Waals surface area contributed by atoms with Gasteiger partial charge in [0.2, 0.25) is 17.6 Å². The molecule has 0 aliphatic carbocycles. The van der Waals surface area contributed by atoms with Gasteiger partial charge in [0.15, 0.2) is 5.82 Å². The summed E-state index contributed by atoms with van der Waals surface area (Å²) >= 11 is 1.47. The van der Waals surface area contributed by atoms with Crippen LogP contribution in [0, 0.1) is 5.92 Å². The van der Waals surface area contributed by atoms with Crippen LogP contribution in [0.4, 0.5) is 13.2 Å². The quantitative estimate of drug-likeness (QED) is 0.759. The molecular formula is C17H18F3N5O2S. The number of aromatic nitrogens is 3. The summed E-state index contributed by atoms with van der Waals surface area (Å²) in [6.07, 6.45) is -4.51. The van der Waals surface area contributed by atoms with Crippen LogP contribution in [0.2, 0.25) is 0 Å². The molecule has 11 heteroatoms. The van der Waals surface area contributed by atoms with E-state index in [9.17, 15) is 22.8 Å². The number of halogens is 3. The number of thiophene rings is 1. The molecule has 1 saturated heterocycles. The zero-order chi connectivity index (χ0) is 20.2. The van der Waals surface area contributed by atoms with E-state index < -0.39 is 24.0 Å². The normalized spacial score (nSPS) is 25.3. The highest BCUT2D eigenvalue weighted by Crippen LogP contribution is 2.41. The average molecular weight is 413 g/mol. The minimum absolute atomic E-state index is 0.0343. The molecule has 3 atom stereocenters. The minimum Gasteiger partial charge on any atom is -0.337 e. The Hall–Kier alpha value is -2.43. The first-order valence-corrected chi connectivity index (χ1v) is 9.68. The Labute approximate surface area is 162 Å². The van der Waals surface area contributed by atoms with Crippen LogP contribution in [-0.4, -0.2) is 50.0 Å². The summed E-state index contributed by atoms with van der Waals surface area (Å²) in [4.78, 5) is 29.6. The number of amides is 2. The van der Waals surface area contributed by atoms with Gasteiger partial charge in [0.1, 0.15) is 0 Å². The molecule has 2 aromatic heterocycles. The van der Waals surface area contributed by atoms with Crippen molar-refractivity contribution < 1.29 is 22.8 Å². The fraction of sp³-hybridized carbons (Fsp3) is 0.529. The lowest BCUT2D eigenvalue weighted by atomic mass is 9.96. The molecule has 2 amide bonds. The van der Waals surface area contributed by atoms with Gasteiger partial charge in [-0.1, -0.05) is 6.07 Å². The molecular weight excluding hydrogens is 395 g/mol. The zero-order valence-electron chi connectivity index (χ0n) is 15.2. The highest BCUT2D eigenvalue weighted by atomic mass is 32.1. The Morgan fingerprint density at radius 1 is 1.29 bits per heavy atom. The SMILES string of the molecule is CC1c2nnc(C(F)(F)F)n2CCN1C(=O)C1CC(=O)N(C)C1c1cccs1. The van der Waals surface area contributed by atoms with Crippen LogP contribution in [0.1, 0.15) is 42.0 Å². The van der Waals surface area contributed by atoms with Gasteiger partial charge in [0.25, 0.3) is 0 Å². The first-order chi connectivity index (χ1) is 13.2. The van der Waals surface area contributed by atoms with E-state index in [0.29, 0.717) is 0 Å². The number of fused-ring (bicyclic) bond motifs is 1. The zero-order valence-corrected chi connectivity index (χ0v) is 16.0. The molecule has 4 heterocycles. The summed E-state index contributed by atoms with van der Waals surface area (Å²) < 4.78 is 40.3. The van der Waals surface area contributed by atoms with E-state index in [-0.39, 0.29) is 43.2 Å². The van der Waals surface area contributed by atoms with E-state index in [1.807, 2.05) is 17.5 Å². The number of carbonyl (C=O) groups is 2. The van der Waals surface area contributed by atoms with E-state index in [2.05, 4.69) is 10.2 Å². The number of carbonyl (C=O) groups excluding carboxylic acids is 2. The monoisotopic (exact) mass is 413 g/mol. The van der Waals surface area contributed by atoms with Crippen LogP contribution in [0.3, 0.4) is 0 Å². The van der Waals surface area contributed by atoms with Gasteiger partial charge in [-0.05, 0) is 18.4 Å². The molecule has 0 bridgehead atoms. The van der Waals surface area contributed by atoms with Crippen molar-refractivity contribution in [2.24, 2.45) is 5.92 Å². The van der Waals surface area contributed by atoms with E-state index in [1.165, 1.54) is 16.2 Å². The van der Waals surface area contributed by atoms with Crippen molar-refractivity contribution in [3.8, 4) is 0 Å². The largest absolute Gasteiger partial charge is 0.451 e. The molecule has 2 aliphatic rings. The number of rotatable bonds is 2. The summed E-state index contributed by atoms with van der Waals surface area (Å²) in [5.41, 5.74) is 0. The molecule has 3 unspecified atom stereocenters. The first kappa shape index (κ1) is 18.9. The van der Waals surface area contributed by atoms with E-state index in [0.717, 1.165) is 9.44 Å². The number of likely N-dealkylation sites (tertiary alicyclic amines) is 1. The van der Waals surface area contributed by atoms with Crippen LogP contribution in [0.15, 0.2) is 17.5 Å². The Balaban J connectivity index is 1.62. The highest BCUT2D eigenvalue weighted by molar-refractivity contribution is 7.10. The topological polar surface area (TPSA) is 71.3 Å². The standard InChI is InChI=1S/C17H18F3N5O2S/c1-9-14-21-22-16(17(18,19)20)25(14)6-5-24(9)15(27)10-8-12(26)23(2)13(10)11-4-3-7-28-11/h3-4,7,9-10,13H,5-6,8H2,1-2H3. The molecule has 7 nitrogen and oxygen atoms in total. The summed E-state index contributed by atoms with van der Waals surface area (Å²) in [5.74, 6) is -1.88. The average Bonchev–Trinajstić information content (AvgIpc) is 3.34. The van der Waals surface area contributed by atoms with Crippen LogP contribution in [0.5, 0.6) is 0 Å². The van der Waals surface area contributed by atoms with Crippen molar-refractivity contribution in [1.29, 1.82) is 0 Å². The number of nitrogens with zero attached hydrogens (tertiary/aromatic N) is 5. The second-order valence-electron chi connectivity index (χ2n) is 7.01. The molecule has 1 fully saturated rings. The Bertz CT molecular complexity index is 911. The lowest BCUT2D eigenvalue weighted by molar-refractivity contribution is -0.148. The Kier molecular flexibility index (Phi) is 4.44. The van der Waals surface area contributed by atoms with Gasteiger partial charge in [-0.25, -0.2) is 0 Å². The number of alkyl halides is 3. The van der Waals surface area contributed by atoms with Crippen molar-refractivity contribution in [3.63, 3.8) is 0 Å². The molecule has 0 saturated carbocycles. The van der Waals surface area contributed by atoms with Gasteiger partial charge in [0, 0.05) is 31.4 Å². The maximum absolute atomic E-state index is 13.3. The second kappa shape index (κ2) is 6.57. The molecule has 150 valence electrons. The minimum atomic E-state index is -4.60. The maximum atomic E-state index is 13.3. The van der Waals surface area contributed by atoms with Gasteiger partial charge in [-0.3, -0.25) is 9.59 Å². The molecule has 28 heavy (non-hydrogen) atoms. The van der Waals surface area contributed by atoms with Crippen molar-refractivity contribution >= 4 is 23.2 Å². The van der Waals surface area contributed by atoms with Crippen LogP contribution in [0.25, 0.3) is 0 Å². The molecule has 2 aromatic rings. The Morgan fingerprint density at radius 3 is 2.68 bits per heavy atom. The van der Waals surface area contributed by atoms with Gasteiger partial charge < -0.3 is 14.4 Å². The van der Waals surface area contributed by atoms with Crippen molar-refractivity contribution in [2.45, 2.75) is 38.1 Å². The lowest BCUT2D eigenvalue weighted by Crippen LogP contribution is -2.45. The van der Waals surface area contributed by atoms with Crippen molar-refractivity contribution in [2.75, 3.05) is 13.6 Å². The highest BCUT2D eigenvalue weighted by Gasteiger charge is 2.47. The predicted molar refractivity (Wildman–Crippen MR) is 93.1 cm³/mol. The van der Waals surface area contributed by atoms with Crippen molar-refractivity contribution in [1.82, 2.24) is 24.6 Å². The molecule has 0 aromatic carbocycles. The fourth-order valence-electron chi connectivity index (χ4n) is 4.05. The molecule has 0 spiro atoms. The maximum Gasteiger partial charge on any atom is 0.451 e. The smallest absolute Gasteiger partial charge is 0.337 e. The van der Waals surface area contributed by atoms with Gasteiger partial charge in [-0.15, -0.1) is 21.5 Å². The third kappa shape index (κ3) is 2.88. The Morgan fingerprint density at radius 2 is 2.04 bits per heavy atom. The van der Waals surface area contributed by atoms with Crippen LogP contribution < -0.4 is 0 Å². The summed E-state index contributed by atoms with van der Waals surface area (Å²) in [7, 11) is 1.67.